The molecule has 37 heavy (non-hydrogen) atoms. The third kappa shape index (κ3) is 4.67. The summed E-state index contributed by atoms with van der Waals surface area (Å²) in [6.07, 6.45) is 4.30. The van der Waals surface area contributed by atoms with Gasteiger partial charge in [-0.15, -0.1) is 0 Å². The van der Waals surface area contributed by atoms with Crippen molar-refractivity contribution in [3.8, 4) is 22.9 Å². The monoisotopic (exact) mass is 532 g/mol. The summed E-state index contributed by atoms with van der Waals surface area (Å²) in [4.78, 5) is 26.8. The van der Waals surface area contributed by atoms with Crippen LogP contribution in [0.5, 0.6) is 5.75 Å². The Morgan fingerprint density at radius 3 is 2.73 bits per heavy atom. The second-order valence-corrected chi connectivity index (χ2v) is 11.2. The first-order valence-electron chi connectivity index (χ1n) is 11.1. The fourth-order valence-corrected chi connectivity index (χ4v) is 6.40. The van der Waals surface area contributed by atoms with E-state index in [0.717, 1.165) is 4.88 Å². The second-order valence-electron chi connectivity index (χ2n) is 8.20. The van der Waals surface area contributed by atoms with Crippen LogP contribution < -0.4 is 10.1 Å². The first-order valence-corrected chi connectivity index (χ1v) is 13.3. The number of hydrogen-bond acceptors (Lipinski definition) is 9. The number of carbonyl (C=O) groups excluding carboxylic acids is 1. The summed E-state index contributed by atoms with van der Waals surface area (Å²) >= 11 is 1.23. The smallest absolute Gasteiger partial charge is 0.259 e. The minimum absolute atomic E-state index is 0.106. The van der Waals surface area contributed by atoms with Gasteiger partial charge >= 0.3 is 0 Å². The molecular weight excluding hydrogens is 512 g/mol. The molecule has 5 rings (SSSR count). The van der Waals surface area contributed by atoms with Crippen LogP contribution in [0.1, 0.15) is 32.2 Å². The molecule has 4 heterocycles. The van der Waals surface area contributed by atoms with E-state index in [2.05, 4.69) is 26.3 Å². The van der Waals surface area contributed by atoms with Gasteiger partial charge in [-0.2, -0.15) is 9.57 Å². The number of anilines is 1. The highest BCUT2D eigenvalue weighted by Crippen LogP contribution is 2.36. The van der Waals surface area contributed by atoms with E-state index in [1.807, 2.05) is 6.92 Å². The molecule has 0 aliphatic carbocycles. The number of sulfonamides is 1. The molecule has 0 atom stereocenters. The van der Waals surface area contributed by atoms with Gasteiger partial charge in [0.15, 0.2) is 5.13 Å². The number of aryl methyl sites for hydroxylation is 1. The Bertz CT molecular complexity index is 1640. The predicted molar refractivity (Wildman–Crippen MR) is 136 cm³/mol. The quantitative estimate of drug-likeness (QED) is 0.396. The molecule has 0 radical (unpaired) electrons. The lowest BCUT2D eigenvalue weighted by Gasteiger charge is -2.15. The zero-order chi connectivity index (χ0) is 26.2. The van der Waals surface area contributed by atoms with Crippen molar-refractivity contribution in [2.24, 2.45) is 0 Å². The fraction of sp³-hybridized carbons (Fsp3) is 0.160. The zero-order valence-electron chi connectivity index (χ0n) is 19.8. The lowest BCUT2D eigenvalue weighted by Crippen LogP contribution is -2.26. The van der Waals surface area contributed by atoms with Gasteiger partial charge in [0.05, 0.1) is 43.1 Å². The minimum Gasteiger partial charge on any atom is -0.496 e. The zero-order valence-corrected chi connectivity index (χ0v) is 21.4. The summed E-state index contributed by atoms with van der Waals surface area (Å²) in [6, 6.07) is 11.9. The number of methoxy groups -OCH3 is 1. The lowest BCUT2D eigenvalue weighted by molar-refractivity contribution is 0.102. The van der Waals surface area contributed by atoms with E-state index in [1.165, 1.54) is 47.4 Å². The van der Waals surface area contributed by atoms with Gasteiger partial charge in [0.25, 0.3) is 5.91 Å². The van der Waals surface area contributed by atoms with E-state index in [-0.39, 0.29) is 23.5 Å². The number of thiazole rings is 1. The molecular formula is C25H20N6O4S2. The molecule has 1 aliphatic rings. The number of hydrogen-bond donors (Lipinski definition) is 1. The van der Waals surface area contributed by atoms with Crippen molar-refractivity contribution < 1.29 is 17.9 Å². The number of benzene rings is 1. The van der Waals surface area contributed by atoms with Crippen molar-refractivity contribution in [3.05, 3.63) is 82.4 Å². The summed E-state index contributed by atoms with van der Waals surface area (Å²) < 4.78 is 32.6. The summed E-state index contributed by atoms with van der Waals surface area (Å²) in [5, 5.41) is 12.5. The van der Waals surface area contributed by atoms with Crippen molar-refractivity contribution in [2.75, 3.05) is 12.4 Å². The van der Waals surface area contributed by atoms with E-state index < -0.39 is 15.9 Å². The highest BCUT2D eigenvalue weighted by Gasteiger charge is 2.33. The highest BCUT2D eigenvalue weighted by atomic mass is 32.2. The van der Waals surface area contributed by atoms with E-state index >= 15 is 0 Å². The molecule has 0 unspecified atom stereocenters. The largest absolute Gasteiger partial charge is 0.496 e. The van der Waals surface area contributed by atoms with Crippen molar-refractivity contribution in [1.29, 1.82) is 5.26 Å². The number of ether oxygens (including phenoxy) is 1. The van der Waals surface area contributed by atoms with Crippen molar-refractivity contribution in [1.82, 2.24) is 19.3 Å². The molecule has 0 saturated heterocycles. The van der Waals surface area contributed by atoms with E-state index in [9.17, 15) is 18.5 Å². The maximum absolute atomic E-state index is 13.3. The summed E-state index contributed by atoms with van der Waals surface area (Å²) in [6.45, 7) is 2.08. The topological polar surface area (TPSA) is 138 Å². The molecule has 186 valence electrons. The van der Waals surface area contributed by atoms with Gasteiger partial charge in [-0.05, 0) is 43.3 Å². The SMILES string of the molecule is COc1ccc(C#N)cc1-c1cc(C)ncc1C(=O)Nc1nc2c(s1)CN(S(=O)(=O)c1cccnc1)C2. The van der Waals surface area contributed by atoms with E-state index in [4.69, 9.17) is 4.74 Å². The Morgan fingerprint density at radius 2 is 2.03 bits per heavy atom. The number of carbonyl (C=O) groups is 1. The molecule has 0 bridgehead atoms. The first kappa shape index (κ1) is 24.5. The van der Waals surface area contributed by atoms with Crippen molar-refractivity contribution in [3.63, 3.8) is 0 Å². The second kappa shape index (κ2) is 9.70. The number of rotatable bonds is 6. The van der Waals surface area contributed by atoms with E-state index in [1.54, 1.807) is 30.3 Å². The number of nitriles is 1. The molecule has 1 N–H and O–H groups in total. The third-order valence-corrected chi connectivity index (χ3v) is 8.59. The molecule has 12 heteroatoms. The predicted octanol–water partition coefficient (Wildman–Crippen LogP) is 3.75. The molecule has 1 amide bonds. The molecule has 1 aliphatic heterocycles. The van der Waals surface area contributed by atoms with Gasteiger partial charge in [-0.3, -0.25) is 20.1 Å². The number of nitrogens with zero attached hydrogens (tertiary/aromatic N) is 5. The standard InChI is InChI=1S/C25H20N6O4S2/c1-15-8-18(19-9-16(10-26)5-6-22(19)35-2)20(12-28-15)24(32)30-25-29-21-13-31(14-23(21)36-25)37(33,34)17-4-3-7-27-11-17/h3-9,11-12H,13-14H2,1-2H3,(H,29,30,32). The summed E-state index contributed by atoms with van der Waals surface area (Å²) in [7, 11) is -2.18. The van der Waals surface area contributed by atoms with Crippen LogP contribution in [0.25, 0.3) is 11.1 Å². The molecule has 10 nitrogen and oxygen atoms in total. The van der Waals surface area contributed by atoms with Crippen LogP contribution in [0.15, 0.2) is 59.9 Å². The van der Waals surface area contributed by atoms with E-state index in [0.29, 0.717) is 39.0 Å². The third-order valence-electron chi connectivity index (χ3n) is 5.82. The van der Waals surface area contributed by atoms with Crippen LogP contribution in [0.3, 0.4) is 0 Å². The number of pyridine rings is 2. The Labute approximate surface area is 217 Å². The van der Waals surface area contributed by atoms with Gasteiger partial charge in [-0.1, -0.05) is 11.3 Å². The molecule has 0 saturated carbocycles. The number of nitrogens with one attached hydrogen (secondary N) is 1. The van der Waals surface area contributed by atoms with Crippen molar-refractivity contribution in [2.45, 2.75) is 24.9 Å². The van der Waals surface area contributed by atoms with Crippen LogP contribution in [0.2, 0.25) is 0 Å². The van der Waals surface area contributed by atoms with Gasteiger partial charge in [0.1, 0.15) is 10.6 Å². The lowest BCUT2D eigenvalue weighted by atomic mass is 9.97. The average molecular weight is 533 g/mol. The van der Waals surface area contributed by atoms with Crippen LogP contribution in [-0.4, -0.2) is 40.7 Å². The Balaban J connectivity index is 1.40. The molecule has 0 fully saturated rings. The highest BCUT2D eigenvalue weighted by molar-refractivity contribution is 7.89. The average Bonchev–Trinajstić information content (AvgIpc) is 3.48. The Kier molecular flexibility index (Phi) is 6.43. The molecule has 1 aromatic carbocycles. The number of amides is 1. The number of fused-ring (bicyclic) bond motifs is 1. The van der Waals surface area contributed by atoms with Gasteiger partial charge < -0.3 is 4.74 Å². The maximum atomic E-state index is 13.3. The maximum Gasteiger partial charge on any atom is 0.259 e. The summed E-state index contributed by atoms with van der Waals surface area (Å²) in [5.41, 5.74) is 3.17. The minimum atomic E-state index is -3.70. The van der Waals surface area contributed by atoms with Gasteiger partial charge in [0, 0.05) is 40.3 Å². The molecule has 0 spiro atoms. The van der Waals surface area contributed by atoms with Crippen LogP contribution in [-0.2, 0) is 23.1 Å². The Hall–Kier alpha value is -4.18. The number of aromatic nitrogens is 3. The van der Waals surface area contributed by atoms with Crippen LogP contribution in [0, 0.1) is 18.3 Å². The van der Waals surface area contributed by atoms with Gasteiger partial charge in [0.2, 0.25) is 10.0 Å². The fourth-order valence-electron chi connectivity index (χ4n) is 4.00. The van der Waals surface area contributed by atoms with Gasteiger partial charge in [-0.25, -0.2) is 13.4 Å². The molecule has 4 aromatic rings. The molecule has 3 aromatic heterocycles. The Morgan fingerprint density at radius 1 is 1.19 bits per heavy atom. The van der Waals surface area contributed by atoms with Crippen LogP contribution in [0.4, 0.5) is 5.13 Å². The van der Waals surface area contributed by atoms with Crippen molar-refractivity contribution >= 4 is 32.4 Å². The summed E-state index contributed by atoms with van der Waals surface area (Å²) in [5.74, 6) is 0.0842. The normalized spacial score (nSPS) is 13.1. The first-order chi connectivity index (χ1) is 17.8. The van der Waals surface area contributed by atoms with Crippen LogP contribution >= 0.6 is 11.3 Å².